The van der Waals surface area contributed by atoms with E-state index >= 15 is 0 Å². The zero-order valence-electron chi connectivity index (χ0n) is 22.1. The van der Waals surface area contributed by atoms with E-state index in [1.165, 1.54) is 115 Å². The second-order valence-corrected chi connectivity index (χ2v) is 11.4. The smallest absolute Gasteiger partial charge is 0.0449 e. The molecule has 2 aromatic rings. The van der Waals surface area contributed by atoms with Gasteiger partial charge in [-0.1, -0.05) is 174 Å². The third-order valence-corrected chi connectivity index (χ3v) is 7.76. The molecule has 0 unspecified atom stereocenters. The Morgan fingerprint density at radius 3 is 1.57 bits per heavy atom. The number of unbranched alkanes of at least 4 members (excludes halogenated alkanes) is 15. The highest BCUT2D eigenvalue weighted by atomic mass is 79.9. The first-order valence-corrected chi connectivity index (χ1v) is 15.5. The topological polar surface area (TPSA) is 0 Å². The van der Waals surface area contributed by atoms with Crippen molar-refractivity contribution in [2.24, 2.45) is 0 Å². The number of aryl methyl sites for hydroxylation is 1. The average molecular weight is 556 g/mol. The molecule has 0 fully saturated rings. The Morgan fingerprint density at radius 1 is 0.629 bits per heavy atom. The van der Waals surface area contributed by atoms with Crippen molar-refractivity contribution in [3.05, 3.63) is 75.8 Å². The van der Waals surface area contributed by atoms with Crippen molar-refractivity contribution in [3.8, 4) is 0 Å². The standard InChI is InChI=1S/C33H47BrS/c1-2-3-4-5-6-7-8-9-10-11-12-13-14-15-16-17-18-29-19-24-31(25-20-29)33(35)28-23-30-21-26-32(34)27-22-30/h19-28H,2-18H2,1H3. The molecule has 0 amide bonds. The molecule has 0 atom stereocenters. The summed E-state index contributed by atoms with van der Waals surface area (Å²) in [6.45, 7) is 2.29. The van der Waals surface area contributed by atoms with Gasteiger partial charge in [0.05, 0.1) is 0 Å². The van der Waals surface area contributed by atoms with Crippen LogP contribution in [-0.4, -0.2) is 4.86 Å². The molecule has 0 N–H and O–H groups in total. The van der Waals surface area contributed by atoms with Crippen molar-refractivity contribution >= 4 is 39.1 Å². The van der Waals surface area contributed by atoms with Crippen molar-refractivity contribution in [1.29, 1.82) is 0 Å². The zero-order valence-corrected chi connectivity index (χ0v) is 24.5. The van der Waals surface area contributed by atoms with Crippen LogP contribution >= 0.6 is 28.1 Å². The molecule has 0 nitrogen and oxygen atoms in total. The monoisotopic (exact) mass is 554 g/mol. The van der Waals surface area contributed by atoms with Gasteiger partial charge in [-0.25, -0.2) is 0 Å². The molecule has 0 aliphatic rings. The summed E-state index contributed by atoms with van der Waals surface area (Å²) in [5, 5.41) is 0. The molecule has 0 radical (unpaired) electrons. The molecule has 0 saturated carbocycles. The second kappa shape index (κ2) is 19.9. The minimum absolute atomic E-state index is 0.891. The van der Waals surface area contributed by atoms with E-state index in [1.54, 1.807) is 0 Å². The van der Waals surface area contributed by atoms with Gasteiger partial charge in [0, 0.05) is 9.34 Å². The van der Waals surface area contributed by atoms with Gasteiger partial charge in [-0.3, -0.25) is 0 Å². The predicted octanol–water partition coefficient (Wildman–Crippen LogP) is 11.7. The van der Waals surface area contributed by atoms with Gasteiger partial charge in [0.25, 0.3) is 0 Å². The third-order valence-electron chi connectivity index (χ3n) is 6.85. The molecule has 0 aliphatic heterocycles. The summed E-state index contributed by atoms with van der Waals surface area (Å²) in [6.07, 6.45) is 28.0. The Labute approximate surface area is 230 Å². The van der Waals surface area contributed by atoms with Crippen LogP contribution in [0.25, 0.3) is 6.08 Å². The minimum atomic E-state index is 0.891. The first-order valence-electron chi connectivity index (χ1n) is 14.3. The van der Waals surface area contributed by atoms with Crippen molar-refractivity contribution in [3.63, 3.8) is 0 Å². The molecule has 0 bridgehead atoms. The van der Waals surface area contributed by atoms with Gasteiger partial charge >= 0.3 is 0 Å². The summed E-state index contributed by atoms with van der Waals surface area (Å²) >= 11 is 9.08. The van der Waals surface area contributed by atoms with Gasteiger partial charge in [0.1, 0.15) is 0 Å². The summed E-state index contributed by atoms with van der Waals surface area (Å²) in [7, 11) is 0. The number of allylic oxidation sites excluding steroid dienone is 1. The SMILES string of the molecule is CCCCCCCCCCCCCCCCCCc1ccc(C(=S)C=Cc2ccc(Br)cc2)cc1. The highest BCUT2D eigenvalue weighted by molar-refractivity contribution is 9.10. The van der Waals surface area contributed by atoms with Gasteiger partial charge in [-0.2, -0.15) is 0 Å². The Bertz CT molecular complexity index is 819. The second-order valence-electron chi connectivity index (χ2n) is 10.00. The van der Waals surface area contributed by atoms with E-state index in [2.05, 4.69) is 77.5 Å². The molecule has 0 aliphatic carbocycles. The number of hydrogen-bond acceptors (Lipinski definition) is 1. The summed E-state index contributed by atoms with van der Waals surface area (Å²) in [6, 6.07) is 17.1. The highest BCUT2D eigenvalue weighted by Gasteiger charge is 2.00. The van der Waals surface area contributed by atoms with Crippen LogP contribution in [0.3, 0.4) is 0 Å². The van der Waals surface area contributed by atoms with E-state index in [0.29, 0.717) is 0 Å². The van der Waals surface area contributed by atoms with E-state index in [-0.39, 0.29) is 0 Å². The zero-order chi connectivity index (χ0) is 25.0. The van der Waals surface area contributed by atoms with Crippen molar-refractivity contribution in [2.45, 2.75) is 116 Å². The quantitative estimate of drug-likeness (QED) is 0.0678. The number of halogens is 1. The fourth-order valence-corrected chi connectivity index (χ4v) is 5.02. The molecule has 192 valence electrons. The summed E-state index contributed by atoms with van der Waals surface area (Å²) in [4.78, 5) is 0.891. The molecule has 0 heterocycles. The maximum absolute atomic E-state index is 5.60. The molecule has 2 rings (SSSR count). The first kappa shape index (κ1) is 30.0. The number of thiocarbonyl (C=S) groups is 1. The van der Waals surface area contributed by atoms with Crippen LogP contribution in [0.15, 0.2) is 59.1 Å². The third kappa shape index (κ3) is 14.8. The Balaban J connectivity index is 1.45. The molecule has 2 aromatic carbocycles. The van der Waals surface area contributed by atoms with E-state index in [0.717, 1.165) is 20.5 Å². The van der Waals surface area contributed by atoms with Gasteiger partial charge in [-0.05, 0) is 47.7 Å². The van der Waals surface area contributed by atoms with Crippen LogP contribution in [0.5, 0.6) is 0 Å². The summed E-state index contributed by atoms with van der Waals surface area (Å²) in [5.41, 5.74) is 3.72. The van der Waals surface area contributed by atoms with Crippen LogP contribution in [0.1, 0.15) is 126 Å². The molecule has 0 spiro atoms. The molecular weight excluding hydrogens is 508 g/mol. The average Bonchev–Trinajstić information content (AvgIpc) is 2.88. The maximum atomic E-state index is 5.60. The maximum Gasteiger partial charge on any atom is 0.0449 e. The van der Waals surface area contributed by atoms with Crippen molar-refractivity contribution in [1.82, 2.24) is 0 Å². The lowest BCUT2D eigenvalue weighted by atomic mass is 10.0. The molecular formula is C33H47BrS. The van der Waals surface area contributed by atoms with Crippen LogP contribution in [0.4, 0.5) is 0 Å². The van der Waals surface area contributed by atoms with E-state index < -0.39 is 0 Å². The largest absolute Gasteiger partial charge is 0.0795 e. The summed E-state index contributed by atoms with van der Waals surface area (Å²) in [5.74, 6) is 0. The van der Waals surface area contributed by atoms with Gasteiger partial charge in [-0.15, -0.1) is 0 Å². The predicted molar refractivity (Wildman–Crippen MR) is 165 cm³/mol. The van der Waals surface area contributed by atoms with E-state index in [1.807, 2.05) is 6.08 Å². The molecule has 2 heteroatoms. The van der Waals surface area contributed by atoms with Crippen LogP contribution in [0.2, 0.25) is 0 Å². The Hall–Kier alpha value is -1.25. The highest BCUT2D eigenvalue weighted by Crippen LogP contribution is 2.16. The number of hydrogen-bond donors (Lipinski definition) is 0. The van der Waals surface area contributed by atoms with Crippen LogP contribution in [0, 0.1) is 0 Å². The first-order chi connectivity index (χ1) is 17.2. The fourth-order valence-electron chi connectivity index (χ4n) is 4.55. The van der Waals surface area contributed by atoms with Crippen molar-refractivity contribution in [2.75, 3.05) is 0 Å². The Morgan fingerprint density at radius 2 is 1.09 bits per heavy atom. The number of benzene rings is 2. The van der Waals surface area contributed by atoms with Crippen LogP contribution < -0.4 is 0 Å². The minimum Gasteiger partial charge on any atom is -0.0795 e. The lowest BCUT2D eigenvalue weighted by Gasteiger charge is -2.05. The van der Waals surface area contributed by atoms with Gasteiger partial charge in [0.2, 0.25) is 0 Å². The van der Waals surface area contributed by atoms with Crippen LogP contribution in [-0.2, 0) is 6.42 Å². The van der Waals surface area contributed by atoms with E-state index in [4.69, 9.17) is 12.2 Å². The summed E-state index contributed by atoms with van der Waals surface area (Å²) < 4.78 is 1.09. The molecule has 0 aromatic heterocycles. The molecule has 35 heavy (non-hydrogen) atoms. The van der Waals surface area contributed by atoms with Crippen molar-refractivity contribution < 1.29 is 0 Å². The Kier molecular flexibility index (Phi) is 17.0. The normalized spacial score (nSPS) is 11.4. The van der Waals surface area contributed by atoms with Gasteiger partial charge < -0.3 is 0 Å². The lowest BCUT2D eigenvalue weighted by molar-refractivity contribution is 0.529. The molecule has 0 saturated heterocycles. The van der Waals surface area contributed by atoms with Gasteiger partial charge in [0.15, 0.2) is 0 Å². The fraction of sp³-hybridized carbons (Fsp3) is 0.545. The lowest BCUT2D eigenvalue weighted by Crippen LogP contribution is -1.94. The van der Waals surface area contributed by atoms with E-state index in [9.17, 15) is 0 Å². The number of rotatable bonds is 20.